The average molecular weight is 242 g/mol. The standard InChI is InChI=1S/C11H9F3N2O/c1-7-2-3-8(6-9(7)11(12,13)14)16-5-4-15-10(16)17/h2-6H,1H3,(H,15,17). The Morgan fingerprint density at radius 1 is 1.29 bits per heavy atom. The third kappa shape index (κ3) is 2.11. The first kappa shape index (κ1) is 11.5. The fourth-order valence-electron chi connectivity index (χ4n) is 1.59. The molecule has 0 aliphatic carbocycles. The van der Waals surface area contributed by atoms with Gasteiger partial charge in [0.2, 0.25) is 0 Å². The van der Waals surface area contributed by atoms with Crippen LogP contribution in [-0.2, 0) is 6.18 Å². The van der Waals surface area contributed by atoms with Crippen molar-refractivity contribution in [2.75, 3.05) is 0 Å². The van der Waals surface area contributed by atoms with Gasteiger partial charge < -0.3 is 4.98 Å². The number of aryl methyl sites for hydroxylation is 1. The van der Waals surface area contributed by atoms with E-state index in [9.17, 15) is 18.0 Å². The number of halogens is 3. The average Bonchev–Trinajstić information content (AvgIpc) is 2.63. The zero-order valence-electron chi connectivity index (χ0n) is 8.88. The van der Waals surface area contributed by atoms with Gasteiger partial charge in [0.05, 0.1) is 11.3 Å². The molecule has 0 amide bonds. The normalized spacial score (nSPS) is 11.8. The second-order valence-electron chi connectivity index (χ2n) is 3.63. The maximum absolute atomic E-state index is 12.7. The largest absolute Gasteiger partial charge is 0.416 e. The van der Waals surface area contributed by atoms with Gasteiger partial charge in [-0.1, -0.05) is 6.07 Å². The molecule has 0 unspecified atom stereocenters. The SMILES string of the molecule is Cc1ccc(-n2cc[nH]c2=O)cc1C(F)(F)F. The van der Waals surface area contributed by atoms with E-state index in [1.807, 2.05) is 0 Å². The molecule has 1 N–H and O–H groups in total. The number of rotatable bonds is 1. The summed E-state index contributed by atoms with van der Waals surface area (Å²) in [5, 5.41) is 0. The Labute approximate surface area is 94.5 Å². The van der Waals surface area contributed by atoms with Gasteiger partial charge in [0.25, 0.3) is 0 Å². The number of aromatic nitrogens is 2. The van der Waals surface area contributed by atoms with Crippen LogP contribution in [0.1, 0.15) is 11.1 Å². The molecule has 2 aromatic rings. The summed E-state index contributed by atoms with van der Waals surface area (Å²) in [5.41, 5.74) is -0.885. The van der Waals surface area contributed by atoms with Gasteiger partial charge in [-0.25, -0.2) is 4.79 Å². The molecule has 6 heteroatoms. The maximum atomic E-state index is 12.7. The van der Waals surface area contributed by atoms with E-state index in [0.29, 0.717) is 0 Å². The number of nitrogens with one attached hydrogen (secondary N) is 1. The number of hydrogen-bond donors (Lipinski definition) is 1. The van der Waals surface area contributed by atoms with Gasteiger partial charge in [-0.3, -0.25) is 4.57 Å². The second kappa shape index (κ2) is 3.80. The number of benzene rings is 1. The molecule has 0 spiro atoms. The molecular weight excluding hydrogens is 233 g/mol. The summed E-state index contributed by atoms with van der Waals surface area (Å²) in [4.78, 5) is 13.7. The molecule has 90 valence electrons. The topological polar surface area (TPSA) is 37.8 Å². The van der Waals surface area contributed by atoms with E-state index in [-0.39, 0.29) is 11.3 Å². The zero-order chi connectivity index (χ0) is 12.6. The van der Waals surface area contributed by atoms with Crippen LogP contribution in [0.25, 0.3) is 5.69 Å². The molecule has 17 heavy (non-hydrogen) atoms. The van der Waals surface area contributed by atoms with Crippen LogP contribution in [0.2, 0.25) is 0 Å². The number of nitrogens with zero attached hydrogens (tertiary/aromatic N) is 1. The third-order valence-corrected chi connectivity index (χ3v) is 2.45. The van der Waals surface area contributed by atoms with Crippen molar-refractivity contribution in [3.63, 3.8) is 0 Å². The minimum absolute atomic E-state index is 0.129. The van der Waals surface area contributed by atoms with Gasteiger partial charge in [0, 0.05) is 12.4 Å². The van der Waals surface area contributed by atoms with Crippen LogP contribution in [0.4, 0.5) is 13.2 Å². The molecule has 0 saturated heterocycles. The fourth-order valence-corrected chi connectivity index (χ4v) is 1.59. The highest BCUT2D eigenvalue weighted by Crippen LogP contribution is 2.32. The predicted octanol–water partition coefficient (Wildman–Crippen LogP) is 2.49. The van der Waals surface area contributed by atoms with Crippen molar-refractivity contribution in [2.45, 2.75) is 13.1 Å². The number of aromatic amines is 1. The fraction of sp³-hybridized carbons (Fsp3) is 0.182. The van der Waals surface area contributed by atoms with Crippen molar-refractivity contribution < 1.29 is 13.2 Å². The molecule has 1 heterocycles. The van der Waals surface area contributed by atoms with E-state index in [2.05, 4.69) is 4.98 Å². The van der Waals surface area contributed by atoms with Gasteiger partial charge in [0.15, 0.2) is 0 Å². The Balaban J connectivity index is 2.60. The molecule has 0 fully saturated rings. The van der Waals surface area contributed by atoms with E-state index < -0.39 is 17.4 Å². The number of hydrogen-bond acceptors (Lipinski definition) is 1. The van der Waals surface area contributed by atoms with Crippen molar-refractivity contribution in [3.05, 3.63) is 52.2 Å². The van der Waals surface area contributed by atoms with E-state index in [1.165, 1.54) is 31.5 Å². The minimum atomic E-state index is -4.42. The summed E-state index contributed by atoms with van der Waals surface area (Å²) in [5.74, 6) is 0. The first-order chi connectivity index (χ1) is 7.89. The number of H-pyrrole nitrogens is 1. The highest BCUT2D eigenvalue weighted by atomic mass is 19.4. The predicted molar refractivity (Wildman–Crippen MR) is 56.1 cm³/mol. The summed E-state index contributed by atoms with van der Waals surface area (Å²) in [6, 6.07) is 3.78. The molecule has 0 atom stereocenters. The van der Waals surface area contributed by atoms with Gasteiger partial charge in [-0.15, -0.1) is 0 Å². The molecule has 0 aliphatic heterocycles. The van der Waals surface area contributed by atoms with Crippen molar-refractivity contribution >= 4 is 0 Å². The minimum Gasteiger partial charge on any atom is -0.312 e. The lowest BCUT2D eigenvalue weighted by Gasteiger charge is -2.11. The molecule has 1 aromatic heterocycles. The molecule has 3 nitrogen and oxygen atoms in total. The summed E-state index contributed by atoms with van der Waals surface area (Å²) >= 11 is 0. The lowest BCUT2D eigenvalue weighted by atomic mass is 10.1. The molecular formula is C11H9F3N2O. The van der Waals surface area contributed by atoms with Crippen LogP contribution in [0, 0.1) is 6.92 Å². The molecule has 0 aliphatic rings. The first-order valence-electron chi connectivity index (χ1n) is 4.84. The Morgan fingerprint density at radius 2 is 2.00 bits per heavy atom. The highest BCUT2D eigenvalue weighted by Gasteiger charge is 2.32. The lowest BCUT2D eigenvalue weighted by Crippen LogP contribution is -2.15. The first-order valence-corrected chi connectivity index (χ1v) is 4.84. The Hall–Kier alpha value is -1.98. The van der Waals surface area contributed by atoms with Crippen LogP contribution < -0.4 is 5.69 Å². The molecule has 2 rings (SSSR count). The van der Waals surface area contributed by atoms with Crippen molar-refractivity contribution in [1.29, 1.82) is 0 Å². The molecule has 1 aromatic carbocycles. The molecule has 0 saturated carbocycles. The Morgan fingerprint density at radius 3 is 2.53 bits per heavy atom. The summed E-state index contributed by atoms with van der Waals surface area (Å²) in [6.45, 7) is 1.38. The van der Waals surface area contributed by atoms with E-state index in [0.717, 1.165) is 10.6 Å². The smallest absolute Gasteiger partial charge is 0.312 e. The van der Waals surface area contributed by atoms with Gasteiger partial charge in [-0.2, -0.15) is 13.2 Å². The van der Waals surface area contributed by atoms with Crippen LogP contribution in [0.5, 0.6) is 0 Å². The lowest BCUT2D eigenvalue weighted by molar-refractivity contribution is -0.138. The van der Waals surface area contributed by atoms with Crippen molar-refractivity contribution in [1.82, 2.24) is 9.55 Å². The summed E-state index contributed by atoms with van der Waals surface area (Å²) in [7, 11) is 0. The van der Waals surface area contributed by atoms with Crippen LogP contribution in [-0.4, -0.2) is 9.55 Å². The third-order valence-electron chi connectivity index (χ3n) is 2.45. The van der Waals surface area contributed by atoms with Crippen LogP contribution >= 0.6 is 0 Å². The number of imidazole rings is 1. The van der Waals surface area contributed by atoms with E-state index in [4.69, 9.17) is 0 Å². The van der Waals surface area contributed by atoms with Crippen molar-refractivity contribution in [2.24, 2.45) is 0 Å². The van der Waals surface area contributed by atoms with Crippen LogP contribution in [0.3, 0.4) is 0 Å². The van der Waals surface area contributed by atoms with Gasteiger partial charge in [0.1, 0.15) is 0 Å². The monoisotopic (exact) mass is 242 g/mol. The Kier molecular flexibility index (Phi) is 2.57. The zero-order valence-corrected chi connectivity index (χ0v) is 8.88. The highest BCUT2D eigenvalue weighted by molar-refractivity contribution is 5.41. The number of alkyl halides is 3. The Bertz CT molecular complexity index is 595. The van der Waals surface area contributed by atoms with E-state index in [1.54, 1.807) is 0 Å². The summed E-state index contributed by atoms with van der Waals surface area (Å²) in [6.07, 6.45) is -1.66. The second-order valence-corrected chi connectivity index (χ2v) is 3.63. The van der Waals surface area contributed by atoms with Crippen LogP contribution in [0.15, 0.2) is 35.4 Å². The molecule has 0 radical (unpaired) electrons. The maximum Gasteiger partial charge on any atom is 0.416 e. The molecule has 0 bridgehead atoms. The van der Waals surface area contributed by atoms with Gasteiger partial charge >= 0.3 is 11.9 Å². The summed E-state index contributed by atoms with van der Waals surface area (Å²) < 4.78 is 39.1. The van der Waals surface area contributed by atoms with Gasteiger partial charge in [-0.05, 0) is 24.6 Å². The quantitative estimate of drug-likeness (QED) is 0.819. The van der Waals surface area contributed by atoms with Crippen molar-refractivity contribution in [3.8, 4) is 5.69 Å². The van der Waals surface area contributed by atoms with E-state index >= 15 is 0 Å².